The van der Waals surface area contributed by atoms with Crippen molar-refractivity contribution >= 4 is 5.91 Å². The maximum Gasteiger partial charge on any atom is 0.258 e. The number of carbonyl (C=O) groups excluding carboxylic acids is 1. The van der Waals surface area contributed by atoms with Gasteiger partial charge in [-0.05, 0) is 51.4 Å². The fraction of sp³-hybridized carbons (Fsp3) is 0.500. The molecule has 0 radical (unpaired) electrons. The SMILES string of the molecule is CC(C)(C)NC(=O)COc1ccc(CCN)cc1F. The molecular weight excluding hydrogens is 247 g/mol. The van der Waals surface area contributed by atoms with E-state index in [-0.39, 0.29) is 23.8 Å². The van der Waals surface area contributed by atoms with Crippen LogP contribution < -0.4 is 15.8 Å². The first kappa shape index (κ1) is 15.4. The summed E-state index contributed by atoms with van der Waals surface area (Å²) in [4.78, 5) is 11.5. The summed E-state index contributed by atoms with van der Waals surface area (Å²) in [5.41, 5.74) is 5.88. The number of hydrogen-bond donors (Lipinski definition) is 2. The van der Waals surface area contributed by atoms with Crippen molar-refractivity contribution in [3.63, 3.8) is 0 Å². The molecule has 0 aliphatic rings. The summed E-state index contributed by atoms with van der Waals surface area (Å²) >= 11 is 0. The highest BCUT2D eigenvalue weighted by Gasteiger charge is 2.14. The van der Waals surface area contributed by atoms with Gasteiger partial charge in [0.15, 0.2) is 18.2 Å². The van der Waals surface area contributed by atoms with Gasteiger partial charge in [0.2, 0.25) is 0 Å². The number of benzene rings is 1. The number of hydrogen-bond acceptors (Lipinski definition) is 3. The van der Waals surface area contributed by atoms with Gasteiger partial charge in [-0.25, -0.2) is 4.39 Å². The molecule has 3 N–H and O–H groups in total. The molecule has 0 atom stereocenters. The number of nitrogens with one attached hydrogen (secondary N) is 1. The van der Waals surface area contributed by atoms with Gasteiger partial charge in [0, 0.05) is 5.54 Å². The first-order valence-electron chi connectivity index (χ1n) is 6.24. The van der Waals surface area contributed by atoms with E-state index in [1.165, 1.54) is 12.1 Å². The molecule has 1 amide bonds. The fourth-order valence-corrected chi connectivity index (χ4v) is 1.58. The number of nitrogens with two attached hydrogens (primary N) is 1. The van der Waals surface area contributed by atoms with Gasteiger partial charge in [0.1, 0.15) is 0 Å². The Balaban J connectivity index is 2.56. The largest absolute Gasteiger partial charge is 0.481 e. The van der Waals surface area contributed by atoms with Gasteiger partial charge in [-0.3, -0.25) is 4.79 Å². The van der Waals surface area contributed by atoms with E-state index in [2.05, 4.69) is 5.32 Å². The minimum atomic E-state index is -0.477. The van der Waals surface area contributed by atoms with Crippen molar-refractivity contribution in [1.82, 2.24) is 5.32 Å². The van der Waals surface area contributed by atoms with Crippen molar-refractivity contribution < 1.29 is 13.9 Å². The molecule has 0 aliphatic carbocycles. The molecule has 0 heterocycles. The number of halogens is 1. The van der Waals surface area contributed by atoms with Gasteiger partial charge in [-0.2, -0.15) is 0 Å². The summed E-state index contributed by atoms with van der Waals surface area (Å²) in [7, 11) is 0. The Morgan fingerprint density at radius 3 is 2.63 bits per heavy atom. The standard InChI is InChI=1S/C14H21FN2O2/c1-14(2,3)17-13(18)9-19-12-5-4-10(6-7-16)8-11(12)15/h4-5,8H,6-7,9,16H2,1-3H3,(H,17,18). The first-order valence-corrected chi connectivity index (χ1v) is 6.24. The molecule has 0 unspecified atom stereocenters. The molecule has 0 fully saturated rings. The fourth-order valence-electron chi connectivity index (χ4n) is 1.58. The molecule has 0 saturated carbocycles. The first-order chi connectivity index (χ1) is 8.81. The van der Waals surface area contributed by atoms with Crippen molar-refractivity contribution in [3.8, 4) is 5.75 Å². The summed E-state index contributed by atoms with van der Waals surface area (Å²) in [6.07, 6.45) is 0.613. The number of ether oxygens (including phenoxy) is 1. The average Bonchev–Trinajstić information content (AvgIpc) is 2.26. The molecule has 0 spiro atoms. The van der Waals surface area contributed by atoms with Crippen LogP contribution in [0.2, 0.25) is 0 Å². The summed E-state index contributed by atoms with van der Waals surface area (Å²) in [6.45, 7) is 5.87. The van der Waals surface area contributed by atoms with E-state index < -0.39 is 5.82 Å². The van der Waals surface area contributed by atoms with Crippen LogP contribution in [0.1, 0.15) is 26.3 Å². The van der Waals surface area contributed by atoms with Crippen LogP contribution in [0.25, 0.3) is 0 Å². The minimum absolute atomic E-state index is 0.0739. The maximum atomic E-state index is 13.7. The average molecular weight is 268 g/mol. The second kappa shape index (κ2) is 6.52. The van der Waals surface area contributed by atoms with E-state index in [1.54, 1.807) is 6.07 Å². The number of rotatable bonds is 5. The predicted molar refractivity (Wildman–Crippen MR) is 72.5 cm³/mol. The Morgan fingerprint density at radius 2 is 2.11 bits per heavy atom. The predicted octanol–water partition coefficient (Wildman–Crippen LogP) is 1.62. The Kier molecular flexibility index (Phi) is 5.30. The number of carbonyl (C=O) groups is 1. The molecule has 1 aromatic rings. The second-order valence-corrected chi connectivity index (χ2v) is 5.39. The smallest absolute Gasteiger partial charge is 0.258 e. The topological polar surface area (TPSA) is 64.3 Å². The van der Waals surface area contributed by atoms with Gasteiger partial charge in [-0.1, -0.05) is 6.07 Å². The molecule has 19 heavy (non-hydrogen) atoms. The van der Waals surface area contributed by atoms with Crippen LogP contribution in [0.3, 0.4) is 0 Å². The zero-order valence-electron chi connectivity index (χ0n) is 11.6. The van der Waals surface area contributed by atoms with Crippen molar-refractivity contribution in [2.45, 2.75) is 32.7 Å². The van der Waals surface area contributed by atoms with Crippen LogP contribution in [0.5, 0.6) is 5.75 Å². The minimum Gasteiger partial charge on any atom is -0.481 e. The van der Waals surface area contributed by atoms with E-state index in [4.69, 9.17) is 10.5 Å². The lowest BCUT2D eigenvalue weighted by atomic mass is 10.1. The molecule has 0 aromatic heterocycles. The maximum absolute atomic E-state index is 13.7. The van der Waals surface area contributed by atoms with Crippen molar-refractivity contribution in [2.24, 2.45) is 5.73 Å². The lowest BCUT2D eigenvalue weighted by Crippen LogP contribution is -2.43. The Hall–Kier alpha value is -1.62. The van der Waals surface area contributed by atoms with Crippen molar-refractivity contribution in [1.29, 1.82) is 0 Å². The van der Waals surface area contributed by atoms with Crippen molar-refractivity contribution in [3.05, 3.63) is 29.6 Å². The van der Waals surface area contributed by atoms with E-state index in [1.807, 2.05) is 20.8 Å². The van der Waals surface area contributed by atoms with Crippen LogP contribution in [0.15, 0.2) is 18.2 Å². The monoisotopic (exact) mass is 268 g/mol. The third kappa shape index (κ3) is 5.70. The summed E-state index contributed by atoms with van der Waals surface area (Å²) < 4.78 is 18.8. The van der Waals surface area contributed by atoms with Crippen molar-refractivity contribution in [2.75, 3.05) is 13.2 Å². The third-order valence-corrected chi connectivity index (χ3v) is 2.30. The summed E-state index contributed by atoms with van der Waals surface area (Å²) in [5.74, 6) is -0.683. The van der Waals surface area contributed by atoms with E-state index in [0.717, 1.165) is 5.56 Å². The molecule has 0 bridgehead atoms. The zero-order valence-corrected chi connectivity index (χ0v) is 11.6. The van der Waals surface area contributed by atoms with Crippen LogP contribution >= 0.6 is 0 Å². The van der Waals surface area contributed by atoms with Gasteiger partial charge in [-0.15, -0.1) is 0 Å². The van der Waals surface area contributed by atoms with Crippen LogP contribution in [0.4, 0.5) is 4.39 Å². The third-order valence-electron chi connectivity index (χ3n) is 2.30. The van der Waals surface area contributed by atoms with Gasteiger partial charge in [0.25, 0.3) is 5.91 Å². The Labute approximate surface area is 113 Å². The van der Waals surface area contributed by atoms with Gasteiger partial charge < -0.3 is 15.8 Å². The molecule has 5 heteroatoms. The van der Waals surface area contributed by atoms with E-state index in [9.17, 15) is 9.18 Å². The van der Waals surface area contributed by atoms with Crippen LogP contribution in [-0.4, -0.2) is 24.6 Å². The van der Waals surface area contributed by atoms with Crippen LogP contribution in [0, 0.1) is 5.82 Å². The molecule has 1 rings (SSSR count). The molecule has 0 saturated heterocycles. The molecule has 4 nitrogen and oxygen atoms in total. The summed E-state index contributed by atoms with van der Waals surface area (Å²) in [6, 6.07) is 4.64. The van der Waals surface area contributed by atoms with E-state index in [0.29, 0.717) is 13.0 Å². The number of amides is 1. The highest BCUT2D eigenvalue weighted by Crippen LogP contribution is 2.18. The van der Waals surface area contributed by atoms with Crippen LogP contribution in [-0.2, 0) is 11.2 Å². The quantitative estimate of drug-likeness (QED) is 0.853. The van der Waals surface area contributed by atoms with E-state index >= 15 is 0 Å². The molecule has 1 aromatic carbocycles. The lowest BCUT2D eigenvalue weighted by molar-refractivity contribution is -0.124. The second-order valence-electron chi connectivity index (χ2n) is 5.39. The summed E-state index contributed by atoms with van der Waals surface area (Å²) in [5, 5.41) is 2.74. The Bertz CT molecular complexity index is 442. The zero-order chi connectivity index (χ0) is 14.5. The lowest BCUT2D eigenvalue weighted by Gasteiger charge is -2.20. The molecular formula is C14H21FN2O2. The highest BCUT2D eigenvalue weighted by atomic mass is 19.1. The van der Waals surface area contributed by atoms with Gasteiger partial charge >= 0.3 is 0 Å². The normalized spacial score (nSPS) is 11.2. The molecule has 0 aliphatic heterocycles. The van der Waals surface area contributed by atoms with Gasteiger partial charge in [0.05, 0.1) is 0 Å². The highest BCUT2D eigenvalue weighted by molar-refractivity contribution is 5.78. The Morgan fingerprint density at radius 1 is 1.42 bits per heavy atom. The molecule has 106 valence electrons.